The highest BCUT2D eigenvalue weighted by atomic mass is 16.5. The standard InChI is InChI=1S/C12H14O5/c1-16-10-6-7(13)5-8-9(14)3-4-12(8,10)11(15)17-2/h3-4,8,10H,5-6H2,1-2H3/t8-,10-,12-/m1/s1. The first-order valence-electron chi connectivity index (χ1n) is 5.42. The second-order valence-corrected chi connectivity index (χ2v) is 4.38. The van der Waals surface area contributed by atoms with Crippen molar-refractivity contribution < 1.29 is 23.9 Å². The van der Waals surface area contributed by atoms with Gasteiger partial charge < -0.3 is 9.47 Å². The molecule has 0 radical (unpaired) electrons. The second-order valence-electron chi connectivity index (χ2n) is 4.38. The molecule has 1 saturated carbocycles. The number of esters is 1. The van der Waals surface area contributed by atoms with E-state index in [2.05, 4.69) is 0 Å². The molecule has 92 valence electrons. The van der Waals surface area contributed by atoms with Gasteiger partial charge in [-0.2, -0.15) is 0 Å². The van der Waals surface area contributed by atoms with Crippen LogP contribution >= 0.6 is 0 Å². The van der Waals surface area contributed by atoms with Crippen molar-refractivity contribution in [3.63, 3.8) is 0 Å². The highest BCUT2D eigenvalue weighted by Crippen LogP contribution is 2.47. The molecule has 0 aromatic carbocycles. The molecule has 0 aliphatic heterocycles. The summed E-state index contributed by atoms with van der Waals surface area (Å²) in [6.45, 7) is 0. The minimum absolute atomic E-state index is 0.0570. The molecule has 0 heterocycles. The van der Waals surface area contributed by atoms with Gasteiger partial charge in [0.15, 0.2) is 5.78 Å². The fourth-order valence-corrected chi connectivity index (χ4v) is 2.77. The minimum atomic E-state index is -1.12. The Morgan fingerprint density at radius 1 is 1.35 bits per heavy atom. The molecule has 0 spiro atoms. The molecule has 3 atom stereocenters. The van der Waals surface area contributed by atoms with Gasteiger partial charge in [0.25, 0.3) is 0 Å². The summed E-state index contributed by atoms with van der Waals surface area (Å²) in [5, 5.41) is 0. The molecule has 2 aliphatic rings. The van der Waals surface area contributed by atoms with Crippen molar-refractivity contribution in [2.24, 2.45) is 11.3 Å². The van der Waals surface area contributed by atoms with E-state index < -0.39 is 23.4 Å². The van der Waals surface area contributed by atoms with Gasteiger partial charge in [0.1, 0.15) is 11.2 Å². The summed E-state index contributed by atoms with van der Waals surface area (Å²) in [5.74, 6) is -1.44. The van der Waals surface area contributed by atoms with Crippen molar-refractivity contribution in [2.75, 3.05) is 14.2 Å². The number of Topliss-reactive ketones (excluding diaryl/α,β-unsaturated/α-hetero) is 1. The molecule has 0 bridgehead atoms. The Hall–Kier alpha value is -1.49. The molecule has 0 N–H and O–H groups in total. The van der Waals surface area contributed by atoms with Crippen LogP contribution in [0.25, 0.3) is 0 Å². The summed E-state index contributed by atoms with van der Waals surface area (Å²) in [6.07, 6.45) is 2.49. The zero-order valence-electron chi connectivity index (χ0n) is 9.76. The maximum atomic E-state index is 12.0. The average molecular weight is 238 g/mol. The molecular weight excluding hydrogens is 224 g/mol. The molecule has 5 nitrogen and oxygen atoms in total. The van der Waals surface area contributed by atoms with Crippen LogP contribution in [-0.4, -0.2) is 37.9 Å². The van der Waals surface area contributed by atoms with Crippen molar-refractivity contribution in [2.45, 2.75) is 18.9 Å². The van der Waals surface area contributed by atoms with E-state index >= 15 is 0 Å². The van der Waals surface area contributed by atoms with E-state index in [0.29, 0.717) is 0 Å². The smallest absolute Gasteiger partial charge is 0.319 e. The molecular formula is C12H14O5. The molecule has 1 fully saturated rings. The van der Waals surface area contributed by atoms with E-state index in [1.54, 1.807) is 0 Å². The minimum Gasteiger partial charge on any atom is -0.468 e. The predicted octanol–water partition coefficient (Wildman–Crippen LogP) is 0.279. The number of ketones is 2. The Morgan fingerprint density at radius 2 is 2.06 bits per heavy atom. The number of allylic oxidation sites excluding steroid dienone is 1. The lowest BCUT2D eigenvalue weighted by molar-refractivity contribution is -0.168. The highest BCUT2D eigenvalue weighted by molar-refractivity contribution is 6.05. The molecule has 0 aromatic heterocycles. The topological polar surface area (TPSA) is 69.7 Å². The van der Waals surface area contributed by atoms with Crippen LogP contribution < -0.4 is 0 Å². The highest BCUT2D eigenvalue weighted by Gasteiger charge is 2.59. The number of hydrogen-bond acceptors (Lipinski definition) is 5. The Morgan fingerprint density at radius 3 is 2.65 bits per heavy atom. The van der Waals surface area contributed by atoms with Gasteiger partial charge in [-0.3, -0.25) is 14.4 Å². The van der Waals surface area contributed by atoms with Crippen molar-refractivity contribution in [3.05, 3.63) is 12.2 Å². The van der Waals surface area contributed by atoms with Gasteiger partial charge >= 0.3 is 5.97 Å². The van der Waals surface area contributed by atoms with E-state index in [9.17, 15) is 14.4 Å². The molecule has 2 aliphatic carbocycles. The predicted molar refractivity (Wildman–Crippen MR) is 57.1 cm³/mol. The van der Waals surface area contributed by atoms with Gasteiger partial charge in [0.2, 0.25) is 0 Å². The van der Waals surface area contributed by atoms with Crippen LogP contribution in [0.3, 0.4) is 0 Å². The first-order valence-corrected chi connectivity index (χ1v) is 5.42. The first-order chi connectivity index (χ1) is 8.06. The average Bonchev–Trinajstić information content (AvgIpc) is 2.66. The summed E-state index contributed by atoms with van der Waals surface area (Å²) >= 11 is 0. The van der Waals surface area contributed by atoms with Crippen LogP contribution in [0.1, 0.15) is 12.8 Å². The Balaban J connectivity index is 2.47. The summed E-state index contributed by atoms with van der Waals surface area (Å²) in [5.41, 5.74) is -1.12. The number of fused-ring (bicyclic) bond motifs is 1. The van der Waals surface area contributed by atoms with E-state index in [1.165, 1.54) is 26.4 Å². The van der Waals surface area contributed by atoms with Gasteiger partial charge in [-0.15, -0.1) is 0 Å². The van der Waals surface area contributed by atoms with E-state index in [-0.39, 0.29) is 24.4 Å². The number of hydrogen-bond donors (Lipinski definition) is 0. The monoisotopic (exact) mass is 238 g/mol. The van der Waals surface area contributed by atoms with Gasteiger partial charge in [-0.1, -0.05) is 6.08 Å². The number of methoxy groups -OCH3 is 2. The SMILES string of the molecule is COC(=O)[C@]12C=CC(=O)[C@H]1CC(=O)C[C@H]2OC. The van der Waals surface area contributed by atoms with Crippen molar-refractivity contribution >= 4 is 17.5 Å². The second kappa shape index (κ2) is 4.07. The third kappa shape index (κ3) is 1.53. The van der Waals surface area contributed by atoms with E-state index in [4.69, 9.17) is 9.47 Å². The molecule has 0 unspecified atom stereocenters. The molecule has 17 heavy (non-hydrogen) atoms. The number of rotatable bonds is 2. The molecule has 2 rings (SSSR count). The van der Waals surface area contributed by atoms with Crippen LogP contribution in [0.15, 0.2) is 12.2 Å². The number of carbonyl (C=O) groups is 3. The maximum Gasteiger partial charge on any atom is 0.319 e. The van der Waals surface area contributed by atoms with Crippen LogP contribution in [0.5, 0.6) is 0 Å². The summed E-state index contributed by atoms with van der Waals surface area (Å²) in [6, 6.07) is 0. The Kier molecular flexibility index (Phi) is 2.87. The summed E-state index contributed by atoms with van der Waals surface area (Å²) in [7, 11) is 2.70. The van der Waals surface area contributed by atoms with Crippen molar-refractivity contribution in [1.29, 1.82) is 0 Å². The molecule has 0 aromatic rings. The lowest BCUT2D eigenvalue weighted by Gasteiger charge is -2.40. The largest absolute Gasteiger partial charge is 0.468 e. The van der Waals surface area contributed by atoms with Crippen LogP contribution in [0.4, 0.5) is 0 Å². The lowest BCUT2D eigenvalue weighted by atomic mass is 9.65. The third-order valence-corrected chi connectivity index (χ3v) is 3.64. The quantitative estimate of drug-likeness (QED) is 0.646. The van der Waals surface area contributed by atoms with Gasteiger partial charge in [0.05, 0.1) is 19.1 Å². The lowest BCUT2D eigenvalue weighted by Crippen LogP contribution is -2.52. The molecule has 5 heteroatoms. The maximum absolute atomic E-state index is 12.0. The fraction of sp³-hybridized carbons (Fsp3) is 0.583. The van der Waals surface area contributed by atoms with Crippen LogP contribution in [-0.2, 0) is 23.9 Å². The van der Waals surface area contributed by atoms with Crippen LogP contribution in [0, 0.1) is 11.3 Å². The summed E-state index contributed by atoms with van der Waals surface area (Å²) < 4.78 is 10.0. The zero-order valence-corrected chi connectivity index (χ0v) is 9.76. The van der Waals surface area contributed by atoms with E-state index in [1.807, 2.05) is 0 Å². The number of carbonyl (C=O) groups excluding carboxylic acids is 3. The fourth-order valence-electron chi connectivity index (χ4n) is 2.77. The molecule has 0 saturated heterocycles. The van der Waals surface area contributed by atoms with Gasteiger partial charge in [0, 0.05) is 20.0 Å². The van der Waals surface area contributed by atoms with Crippen molar-refractivity contribution in [1.82, 2.24) is 0 Å². The first kappa shape index (κ1) is 12.0. The summed E-state index contributed by atoms with van der Waals surface area (Å²) in [4.78, 5) is 35.3. The Labute approximate surface area is 98.8 Å². The normalized spacial score (nSPS) is 35.9. The van der Waals surface area contributed by atoms with Crippen LogP contribution in [0.2, 0.25) is 0 Å². The van der Waals surface area contributed by atoms with Gasteiger partial charge in [-0.05, 0) is 6.08 Å². The van der Waals surface area contributed by atoms with Crippen molar-refractivity contribution in [3.8, 4) is 0 Å². The zero-order chi connectivity index (χ0) is 12.6. The molecule has 0 amide bonds. The van der Waals surface area contributed by atoms with Gasteiger partial charge in [-0.25, -0.2) is 0 Å². The Bertz CT molecular complexity index is 411. The van der Waals surface area contributed by atoms with E-state index in [0.717, 1.165) is 0 Å². The third-order valence-electron chi connectivity index (χ3n) is 3.64. The number of ether oxygens (including phenoxy) is 2.